The summed E-state index contributed by atoms with van der Waals surface area (Å²) in [5.74, 6) is 0.737. The molecule has 0 unspecified atom stereocenters. The van der Waals surface area contributed by atoms with Crippen LogP contribution in [0, 0.1) is 0 Å². The van der Waals surface area contributed by atoms with Gasteiger partial charge in [-0.3, -0.25) is 4.79 Å². The molecule has 0 atom stereocenters. The number of aromatic nitrogens is 1. The number of hydrogen-bond donors (Lipinski definition) is 2. The third-order valence-corrected chi connectivity index (χ3v) is 2.72. The lowest BCUT2D eigenvalue weighted by atomic mass is 10.1. The van der Waals surface area contributed by atoms with Gasteiger partial charge in [0.25, 0.3) is 5.91 Å². The van der Waals surface area contributed by atoms with Crippen LogP contribution in [0.2, 0.25) is 0 Å². The maximum absolute atomic E-state index is 12.0. The Balaban J connectivity index is 2.79. The first-order valence-electron chi connectivity index (χ1n) is 6.68. The van der Waals surface area contributed by atoms with Gasteiger partial charge in [0.15, 0.2) is 0 Å². The second-order valence-electron chi connectivity index (χ2n) is 4.34. The number of nitrogens with zero attached hydrogens (tertiary/aromatic N) is 1. The van der Waals surface area contributed by atoms with Crippen molar-refractivity contribution in [2.75, 3.05) is 18.9 Å². The summed E-state index contributed by atoms with van der Waals surface area (Å²) in [5.41, 5.74) is 1.65. The molecule has 2 N–H and O–H groups in total. The molecule has 0 fully saturated rings. The zero-order chi connectivity index (χ0) is 13.4. The summed E-state index contributed by atoms with van der Waals surface area (Å²) in [5, 5.41) is 5.92. The van der Waals surface area contributed by atoms with Crippen LogP contribution in [0.25, 0.3) is 0 Å². The molecule has 1 aromatic heterocycles. The van der Waals surface area contributed by atoms with Crippen molar-refractivity contribution in [2.24, 2.45) is 0 Å². The number of carbonyl (C=O) groups excluding carboxylic acids is 1. The Morgan fingerprint density at radius 2 is 2.06 bits per heavy atom. The van der Waals surface area contributed by atoms with Crippen molar-refractivity contribution in [3.63, 3.8) is 0 Å². The number of anilines is 1. The molecule has 4 heteroatoms. The van der Waals surface area contributed by atoms with Crippen LogP contribution in [0.1, 0.15) is 49.2 Å². The fourth-order valence-electron chi connectivity index (χ4n) is 1.71. The third kappa shape index (κ3) is 4.35. The largest absolute Gasteiger partial charge is 0.373 e. The van der Waals surface area contributed by atoms with Crippen molar-refractivity contribution in [1.29, 1.82) is 0 Å². The highest BCUT2D eigenvalue weighted by atomic mass is 16.1. The molecule has 1 aromatic rings. The van der Waals surface area contributed by atoms with E-state index in [4.69, 9.17) is 0 Å². The number of nitrogens with one attached hydrogen (secondary N) is 2. The maximum Gasteiger partial charge on any atom is 0.251 e. The smallest absolute Gasteiger partial charge is 0.251 e. The summed E-state index contributed by atoms with van der Waals surface area (Å²) in [6.45, 7) is 4.95. The summed E-state index contributed by atoms with van der Waals surface area (Å²) < 4.78 is 0. The number of hydrogen-bond acceptors (Lipinski definition) is 3. The Morgan fingerprint density at radius 1 is 1.28 bits per heavy atom. The molecule has 100 valence electrons. The van der Waals surface area contributed by atoms with E-state index in [1.54, 1.807) is 6.07 Å². The van der Waals surface area contributed by atoms with Gasteiger partial charge in [0.05, 0.1) is 0 Å². The summed E-state index contributed by atoms with van der Waals surface area (Å²) in [7, 11) is 1.82. The molecule has 0 radical (unpaired) electrons. The van der Waals surface area contributed by atoms with Gasteiger partial charge in [-0.05, 0) is 25.0 Å². The van der Waals surface area contributed by atoms with E-state index in [1.165, 1.54) is 0 Å². The minimum atomic E-state index is -0.0142. The minimum Gasteiger partial charge on any atom is -0.373 e. The number of unbranched alkanes of at least 4 members (excludes halogenated alkanes) is 1. The third-order valence-electron chi connectivity index (χ3n) is 2.72. The molecule has 18 heavy (non-hydrogen) atoms. The lowest BCUT2D eigenvalue weighted by molar-refractivity contribution is 0.0953. The summed E-state index contributed by atoms with van der Waals surface area (Å²) in [4.78, 5) is 16.4. The average molecular weight is 249 g/mol. The van der Waals surface area contributed by atoms with E-state index in [1.807, 2.05) is 13.1 Å². The Bertz CT molecular complexity index is 391. The molecule has 0 saturated heterocycles. The molecule has 1 amide bonds. The van der Waals surface area contributed by atoms with Gasteiger partial charge in [-0.25, -0.2) is 4.98 Å². The lowest BCUT2D eigenvalue weighted by Crippen LogP contribution is -2.24. The molecule has 0 bridgehead atoms. The quantitative estimate of drug-likeness (QED) is 0.730. The summed E-state index contributed by atoms with van der Waals surface area (Å²) in [6.07, 6.45) is 4.01. The van der Waals surface area contributed by atoms with Gasteiger partial charge in [-0.1, -0.05) is 26.7 Å². The maximum atomic E-state index is 12.0. The van der Waals surface area contributed by atoms with Crippen LogP contribution >= 0.6 is 0 Å². The number of pyridine rings is 1. The topological polar surface area (TPSA) is 54.0 Å². The highest BCUT2D eigenvalue weighted by molar-refractivity contribution is 5.94. The lowest BCUT2D eigenvalue weighted by Gasteiger charge is -2.08. The van der Waals surface area contributed by atoms with Gasteiger partial charge >= 0.3 is 0 Å². The van der Waals surface area contributed by atoms with E-state index in [2.05, 4.69) is 29.5 Å². The van der Waals surface area contributed by atoms with Crippen LogP contribution in [-0.2, 0) is 6.42 Å². The molecule has 1 rings (SSSR count). The van der Waals surface area contributed by atoms with Crippen LogP contribution in [0.4, 0.5) is 5.82 Å². The van der Waals surface area contributed by atoms with Crippen LogP contribution in [0.15, 0.2) is 12.1 Å². The number of rotatable bonds is 7. The highest BCUT2D eigenvalue weighted by Crippen LogP contribution is 2.11. The highest BCUT2D eigenvalue weighted by Gasteiger charge is 2.08. The Morgan fingerprint density at radius 3 is 2.67 bits per heavy atom. The van der Waals surface area contributed by atoms with Gasteiger partial charge in [-0.2, -0.15) is 0 Å². The SMILES string of the molecule is CCCCNC(=O)c1cc(CCC)nc(NC)c1. The molecule has 0 aromatic carbocycles. The monoisotopic (exact) mass is 249 g/mol. The van der Waals surface area contributed by atoms with Gasteiger partial charge < -0.3 is 10.6 Å². The van der Waals surface area contributed by atoms with Crippen LogP contribution in [0.5, 0.6) is 0 Å². The van der Waals surface area contributed by atoms with Gasteiger partial charge in [0.1, 0.15) is 5.82 Å². The molecule has 0 spiro atoms. The first-order valence-corrected chi connectivity index (χ1v) is 6.68. The Kier molecular flexibility index (Phi) is 6.19. The van der Waals surface area contributed by atoms with Crippen molar-refractivity contribution in [3.05, 3.63) is 23.4 Å². The average Bonchev–Trinajstić information content (AvgIpc) is 2.39. The first kappa shape index (κ1) is 14.5. The Labute approximate surface area is 109 Å². The van der Waals surface area contributed by atoms with Crippen LogP contribution in [-0.4, -0.2) is 24.5 Å². The van der Waals surface area contributed by atoms with E-state index >= 15 is 0 Å². The second kappa shape index (κ2) is 7.69. The van der Waals surface area contributed by atoms with E-state index in [9.17, 15) is 4.79 Å². The summed E-state index contributed by atoms with van der Waals surface area (Å²) >= 11 is 0. The zero-order valence-corrected chi connectivity index (χ0v) is 11.5. The van der Waals surface area contributed by atoms with Crippen molar-refractivity contribution in [1.82, 2.24) is 10.3 Å². The zero-order valence-electron chi connectivity index (χ0n) is 11.5. The summed E-state index contributed by atoms with van der Waals surface area (Å²) in [6, 6.07) is 3.67. The van der Waals surface area contributed by atoms with Crippen LogP contribution in [0.3, 0.4) is 0 Å². The van der Waals surface area contributed by atoms with E-state index in [0.717, 1.165) is 43.7 Å². The number of amides is 1. The Hall–Kier alpha value is -1.58. The normalized spacial score (nSPS) is 10.2. The fraction of sp³-hybridized carbons (Fsp3) is 0.571. The van der Waals surface area contributed by atoms with E-state index < -0.39 is 0 Å². The second-order valence-corrected chi connectivity index (χ2v) is 4.34. The van der Waals surface area contributed by atoms with Crippen molar-refractivity contribution in [3.8, 4) is 0 Å². The molecule has 4 nitrogen and oxygen atoms in total. The molecule has 0 aliphatic carbocycles. The van der Waals surface area contributed by atoms with Gasteiger partial charge in [0.2, 0.25) is 0 Å². The molecule has 0 aliphatic heterocycles. The molecule has 0 saturated carbocycles. The minimum absolute atomic E-state index is 0.0142. The molecular formula is C14H23N3O. The molecule has 1 heterocycles. The van der Waals surface area contributed by atoms with Gasteiger partial charge in [-0.15, -0.1) is 0 Å². The van der Waals surface area contributed by atoms with Crippen molar-refractivity contribution >= 4 is 11.7 Å². The van der Waals surface area contributed by atoms with E-state index in [0.29, 0.717) is 5.56 Å². The van der Waals surface area contributed by atoms with Crippen LogP contribution < -0.4 is 10.6 Å². The number of aryl methyl sites for hydroxylation is 1. The van der Waals surface area contributed by atoms with Gasteiger partial charge in [0, 0.05) is 24.8 Å². The first-order chi connectivity index (χ1) is 8.71. The fourth-order valence-corrected chi connectivity index (χ4v) is 1.71. The number of carbonyl (C=O) groups is 1. The molecular weight excluding hydrogens is 226 g/mol. The van der Waals surface area contributed by atoms with Crippen molar-refractivity contribution < 1.29 is 4.79 Å². The predicted molar refractivity (Wildman–Crippen MR) is 75.0 cm³/mol. The van der Waals surface area contributed by atoms with E-state index in [-0.39, 0.29) is 5.91 Å². The van der Waals surface area contributed by atoms with Crippen molar-refractivity contribution in [2.45, 2.75) is 39.5 Å². The standard InChI is InChI=1S/C14H23N3O/c1-4-6-8-16-14(18)11-9-12(7-5-2)17-13(10-11)15-3/h9-10H,4-8H2,1-3H3,(H,15,17)(H,16,18). The predicted octanol–water partition coefficient (Wildman–Crippen LogP) is 2.61. The molecule has 0 aliphatic rings.